The van der Waals surface area contributed by atoms with Gasteiger partial charge in [-0.15, -0.1) is 0 Å². The molecule has 0 amide bonds. The summed E-state index contributed by atoms with van der Waals surface area (Å²) in [4.78, 5) is 0. The van der Waals surface area contributed by atoms with Crippen LogP contribution in [0.5, 0.6) is 5.75 Å². The van der Waals surface area contributed by atoms with Crippen molar-refractivity contribution in [2.45, 2.75) is 32.2 Å². The summed E-state index contributed by atoms with van der Waals surface area (Å²) in [6, 6.07) is 10.3. The second-order valence-corrected chi connectivity index (χ2v) is 4.96. The lowest BCUT2D eigenvalue weighted by Gasteiger charge is -2.22. The molecule has 4 nitrogen and oxygen atoms in total. The van der Waals surface area contributed by atoms with Gasteiger partial charge in [-0.2, -0.15) is 5.26 Å². The second kappa shape index (κ2) is 8.57. The molecule has 0 aliphatic carbocycles. The Kier molecular flexibility index (Phi) is 7.06. The van der Waals surface area contributed by atoms with Crippen molar-refractivity contribution in [3.05, 3.63) is 29.8 Å². The van der Waals surface area contributed by atoms with Crippen molar-refractivity contribution in [3.63, 3.8) is 0 Å². The van der Waals surface area contributed by atoms with Crippen LogP contribution in [0.2, 0.25) is 0 Å². The van der Waals surface area contributed by atoms with Crippen molar-refractivity contribution in [2.75, 3.05) is 26.9 Å². The number of hydrogen-bond acceptors (Lipinski definition) is 4. The Bertz CT molecular complexity index is 425. The van der Waals surface area contributed by atoms with E-state index in [4.69, 9.17) is 14.7 Å². The standard InChI is InChI=1S/C16H24N2O2/c1-4-18-16(2,13-17)10-12-20-15-7-5-14(6-8-15)9-11-19-3/h5-8,18H,4,9-12H2,1-3H3. The van der Waals surface area contributed by atoms with Crippen molar-refractivity contribution in [1.29, 1.82) is 5.26 Å². The third-order valence-corrected chi connectivity index (χ3v) is 3.20. The van der Waals surface area contributed by atoms with Crippen molar-refractivity contribution in [1.82, 2.24) is 5.32 Å². The highest BCUT2D eigenvalue weighted by Gasteiger charge is 2.21. The summed E-state index contributed by atoms with van der Waals surface area (Å²) in [6.07, 6.45) is 1.56. The summed E-state index contributed by atoms with van der Waals surface area (Å²) in [5.74, 6) is 0.836. The Balaban J connectivity index is 2.40. The minimum absolute atomic E-state index is 0.521. The lowest BCUT2D eigenvalue weighted by Crippen LogP contribution is -2.42. The number of methoxy groups -OCH3 is 1. The minimum atomic E-state index is -0.521. The quantitative estimate of drug-likeness (QED) is 0.753. The van der Waals surface area contributed by atoms with Crippen LogP contribution in [0.3, 0.4) is 0 Å². The van der Waals surface area contributed by atoms with Crippen LogP contribution < -0.4 is 10.1 Å². The van der Waals surface area contributed by atoms with Gasteiger partial charge in [0.2, 0.25) is 0 Å². The fourth-order valence-electron chi connectivity index (χ4n) is 1.92. The Morgan fingerprint density at radius 2 is 1.95 bits per heavy atom. The lowest BCUT2D eigenvalue weighted by molar-refractivity contribution is 0.202. The summed E-state index contributed by atoms with van der Waals surface area (Å²) in [5, 5.41) is 12.3. The first kappa shape index (κ1) is 16.5. The molecule has 0 aromatic heterocycles. The van der Waals surface area contributed by atoms with Gasteiger partial charge in [0.05, 0.1) is 19.3 Å². The average Bonchev–Trinajstić information content (AvgIpc) is 2.47. The molecular formula is C16H24N2O2. The van der Waals surface area contributed by atoms with Crippen LogP contribution in [0.15, 0.2) is 24.3 Å². The van der Waals surface area contributed by atoms with E-state index in [9.17, 15) is 0 Å². The van der Waals surface area contributed by atoms with Gasteiger partial charge < -0.3 is 9.47 Å². The van der Waals surface area contributed by atoms with Crippen LogP contribution in [0, 0.1) is 11.3 Å². The molecular weight excluding hydrogens is 252 g/mol. The average molecular weight is 276 g/mol. The normalized spacial score (nSPS) is 13.5. The topological polar surface area (TPSA) is 54.3 Å². The molecule has 1 aromatic carbocycles. The number of rotatable bonds is 9. The fourth-order valence-corrected chi connectivity index (χ4v) is 1.92. The molecule has 0 saturated carbocycles. The molecule has 0 saturated heterocycles. The number of benzene rings is 1. The van der Waals surface area contributed by atoms with E-state index in [0.29, 0.717) is 13.0 Å². The Hall–Kier alpha value is -1.57. The first-order chi connectivity index (χ1) is 9.63. The van der Waals surface area contributed by atoms with E-state index in [1.165, 1.54) is 5.56 Å². The third kappa shape index (κ3) is 5.60. The molecule has 1 aromatic rings. The monoisotopic (exact) mass is 276 g/mol. The first-order valence-electron chi connectivity index (χ1n) is 7.00. The number of hydrogen-bond donors (Lipinski definition) is 1. The number of ether oxygens (including phenoxy) is 2. The zero-order chi connectivity index (χ0) is 14.8. The predicted molar refractivity (Wildman–Crippen MR) is 79.8 cm³/mol. The highest BCUT2D eigenvalue weighted by molar-refractivity contribution is 5.27. The van der Waals surface area contributed by atoms with E-state index in [1.54, 1.807) is 7.11 Å². The molecule has 1 atom stereocenters. The summed E-state index contributed by atoms with van der Waals surface area (Å²) < 4.78 is 10.7. The van der Waals surface area contributed by atoms with Crippen LogP contribution in [-0.4, -0.2) is 32.4 Å². The van der Waals surface area contributed by atoms with Crippen molar-refractivity contribution in [2.24, 2.45) is 0 Å². The van der Waals surface area contributed by atoms with Gasteiger partial charge in [-0.1, -0.05) is 19.1 Å². The predicted octanol–water partition coefficient (Wildman–Crippen LogP) is 2.54. The summed E-state index contributed by atoms with van der Waals surface area (Å²) in [5.41, 5.74) is 0.710. The van der Waals surface area contributed by atoms with E-state index < -0.39 is 5.54 Å². The zero-order valence-corrected chi connectivity index (χ0v) is 12.6. The molecule has 1 rings (SSSR count). The smallest absolute Gasteiger partial charge is 0.119 e. The largest absolute Gasteiger partial charge is 0.493 e. The Labute approximate surface area is 121 Å². The van der Waals surface area contributed by atoms with E-state index in [2.05, 4.69) is 11.4 Å². The van der Waals surface area contributed by atoms with Crippen LogP contribution in [-0.2, 0) is 11.2 Å². The molecule has 0 bridgehead atoms. The van der Waals surface area contributed by atoms with Gasteiger partial charge in [-0.05, 0) is 37.6 Å². The van der Waals surface area contributed by atoms with Gasteiger partial charge in [-0.3, -0.25) is 5.32 Å². The molecule has 1 N–H and O–H groups in total. The van der Waals surface area contributed by atoms with Gasteiger partial charge >= 0.3 is 0 Å². The van der Waals surface area contributed by atoms with Gasteiger partial charge in [0, 0.05) is 13.5 Å². The highest BCUT2D eigenvalue weighted by Crippen LogP contribution is 2.15. The Morgan fingerprint density at radius 1 is 1.25 bits per heavy atom. The first-order valence-corrected chi connectivity index (χ1v) is 7.00. The molecule has 0 spiro atoms. The third-order valence-electron chi connectivity index (χ3n) is 3.20. The molecule has 110 valence electrons. The molecule has 0 fully saturated rings. The number of nitriles is 1. The lowest BCUT2D eigenvalue weighted by atomic mass is 10.0. The summed E-state index contributed by atoms with van der Waals surface area (Å²) in [7, 11) is 1.70. The highest BCUT2D eigenvalue weighted by atomic mass is 16.5. The molecule has 0 heterocycles. The van der Waals surface area contributed by atoms with E-state index in [-0.39, 0.29) is 0 Å². The number of nitrogens with zero attached hydrogens (tertiary/aromatic N) is 1. The number of nitrogens with one attached hydrogen (secondary N) is 1. The minimum Gasteiger partial charge on any atom is -0.493 e. The van der Waals surface area contributed by atoms with Gasteiger partial charge in [0.15, 0.2) is 0 Å². The summed E-state index contributed by atoms with van der Waals surface area (Å²) >= 11 is 0. The molecule has 0 radical (unpaired) electrons. The van der Waals surface area contributed by atoms with Crippen LogP contribution in [0.25, 0.3) is 0 Å². The van der Waals surface area contributed by atoms with E-state index in [0.717, 1.165) is 25.3 Å². The van der Waals surface area contributed by atoms with Crippen LogP contribution >= 0.6 is 0 Å². The maximum absolute atomic E-state index is 9.15. The van der Waals surface area contributed by atoms with Gasteiger partial charge in [0.25, 0.3) is 0 Å². The zero-order valence-electron chi connectivity index (χ0n) is 12.6. The van der Waals surface area contributed by atoms with Gasteiger partial charge in [0.1, 0.15) is 11.3 Å². The van der Waals surface area contributed by atoms with Gasteiger partial charge in [-0.25, -0.2) is 0 Å². The van der Waals surface area contributed by atoms with Crippen molar-refractivity contribution in [3.8, 4) is 11.8 Å². The van der Waals surface area contributed by atoms with E-state index in [1.807, 2.05) is 38.1 Å². The summed E-state index contributed by atoms with van der Waals surface area (Å²) in [6.45, 7) is 5.92. The maximum Gasteiger partial charge on any atom is 0.119 e. The second-order valence-electron chi connectivity index (χ2n) is 4.96. The molecule has 1 unspecified atom stereocenters. The Morgan fingerprint density at radius 3 is 2.50 bits per heavy atom. The van der Waals surface area contributed by atoms with Crippen LogP contribution in [0.1, 0.15) is 25.8 Å². The van der Waals surface area contributed by atoms with Crippen molar-refractivity contribution >= 4 is 0 Å². The SMILES string of the molecule is CCNC(C)(C#N)CCOc1ccc(CCOC)cc1. The fraction of sp³-hybridized carbons (Fsp3) is 0.562. The van der Waals surface area contributed by atoms with Crippen molar-refractivity contribution < 1.29 is 9.47 Å². The molecule has 0 aliphatic rings. The van der Waals surface area contributed by atoms with E-state index >= 15 is 0 Å². The maximum atomic E-state index is 9.15. The molecule has 4 heteroatoms. The molecule has 0 aliphatic heterocycles. The molecule has 20 heavy (non-hydrogen) atoms. The van der Waals surface area contributed by atoms with Crippen LogP contribution in [0.4, 0.5) is 0 Å².